The number of hydrogen-bond acceptors (Lipinski definition) is 1. The summed E-state index contributed by atoms with van der Waals surface area (Å²) in [4.78, 5) is 12.7. The van der Waals surface area contributed by atoms with E-state index in [1.165, 1.54) is 56.2 Å². The van der Waals surface area contributed by atoms with E-state index in [1.54, 1.807) is 0 Å². The molecule has 1 amide bonds. The van der Waals surface area contributed by atoms with Crippen LogP contribution >= 0.6 is 0 Å². The van der Waals surface area contributed by atoms with Crippen LogP contribution in [-0.2, 0) is 10.2 Å². The molecule has 1 heterocycles. The Morgan fingerprint density at radius 2 is 1.57 bits per heavy atom. The van der Waals surface area contributed by atoms with Gasteiger partial charge in [0, 0.05) is 30.2 Å². The third-order valence-corrected chi connectivity index (χ3v) is 7.74. The molecule has 23 heavy (non-hydrogen) atoms. The summed E-state index contributed by atoms with van der Waals surface area (Å²) in [6.07, 6.45) is 9.47. The fourth-order valence-corrected chi connectivity index (χ4v) is 7.37. The van der Waals surface area contributed by atoms with Crippen LogP contribution in [0.1, 0.15) is 57.9 Å². The molecule has 2 heteroatoms. The van der Waals surface area contributed by atoms with Gasteiger partial charge in [0.15, 0.2) is 0 Å². The molecule has 1 aromatic rings. The largest absolute Gasteiger partial charge is 0.307 e. The summed E-state index contributed by atoms with van der Waals surface area (Å²) in [5.74, 6) is 2.64. The van der Waals surface area contributed by atoms with Crippen LogP contribution in [0.3, 0.4) is 0 Å². The van der Waals surface area contributed by atoms with Gasteiger partial charge >= 0.3 is 6.41 Å². The maximum Gasteiger partial charge on any atom is 0.307 e. The molecule has 122 valence electrons. The van der Waals surface area contributed by atoms with Gasteiger partial charge in [0.05, 0.1) is 0 Å². The first-order valence-electron chi connectivity index (χ1n) is 9.42. The van der Waals surface area contributed by atoms with E-state index in [9.17, 15) is 4.79 Å². The molecular weight excluding hydrogens is 282 g/mol. The summed E-state index contributed by atoms with van der Waals surface area (Å²) in [6.45, 7) is 5.62. The van der Waals surface area contributed by atoms with Crippen LogP contribution in [0.4, 0.5) is 5.69 Å². The van der Waals surface area contributed by atoms with Crippen molar-refractivity contribution in [1.29, 1.82) is 0 Å². The average Bonchev–Trinajstić information content (AvgIpc) is 2.75. The minimum absolute atomic E-state index is 0.0981. The highest BCUT2D eigenvalue weighted by Crippen LogP contribution is 2.62. The van der Waals surface area contributed by atoms with Crippen molar-refractivity contribution >= 4 is 12.1 Å². The highest BCUT2D eigenvalue weighted by molar-refractivity contribution is 5.78. The van der Waals surface area contributed by atoms with Gasteiger partial charge in [-0.05, 0) is 43.1 Å². The van der Waals surface area contributed by atoms with Crippen molar-refractivity contribution in [2.24, 2.45) is 17.8 Å². The van der Waals surface area contributed by atoms with Crippen molar-refractivity contribution in [1.82, 2.24) is 4.48 Å². The molecule has 1 aliphatic heterocycles. The molecule has 0 N–H and O–H groups in total. The summed E-state index contributed by atoms with van der Waals surface area (Å²) >= 11 is 0. The third-order valence-electron chi connectivity index (χ3n) is 7.74. The Bertz CT molecular complexity index is 641. The molecule has 1 atom stereocenters. The predicted molar refractivity (Wildman–Crippen MR) is 93.1 cm³/mol. The van der Waals surface area contributed by atoms with Crippen LogP contribution in [0.5, 0.6) is 0 Å². The maximum absolute atomic E-state index is 12.7. The fourth-order valence-electron chi connectivity index (χ4n) is 7.37. The first-order chi connectivity index (χ1) is 11.0. The first-order valence-corrected chi connectivity index (χ1v) is 9.42. The van der Waals surface area contributed by atoms with Gasteiger partial charge < -0.3 is 0 Å². The number of rotatable bonds is 2. The summed E-state index contributed by atoms with van der Waals surface area (Å²) in [6, 6.07) is 8.79. The van der Waals surface area contributed by atoms with Gasteiger partial charge in [-0.1, -0.05) is 32.0 Å². The molecule has 5 aliphatic rings. The minimum Gasteiger partial charge on any atom is -0.233 e. The Labute approximate surface area is 139 Å². The van der Waals surface area contributed by atoms with Crippen molar-refractivity contribution in [3.05, 3.63) is 29.8 Å². The number of hydrogen-bond donors (Lipinski definition) is 0. The second kappa shape index (κ2) is 4.27. The molecule has 6 rings (SSSR count). The number of carbonyl (C=O) groups is 1. The number of carbonyl (C=O) groups excluding carboxylic acids is 1. The van der Waals surface area contributed by atoms with E-state index in [-0.39, 0.29) is 11.0 Å². The molecule has 4 saturated carbocycles. The molecule has 4 aliphatic carbocycles. The van der Waals surface area contributed by atoms with Gasteiger partial charge in [-0.2, -0.15) is 0 Å². The second-order valence-corrected chi connectivity index (χ2v) is 9.68. The van der Waals surface area contributed by atoms with Crippen molar-refractivity contribution in [2.45, 2.75) is 63.3 Å². The smallest absolute Gasteiger partial charge is 0.233 e. The lowest BCUT2D eigenvalue weighted by molar-refractivity contribution is -0.135. The Morgan fingerprint density at radius 3 is 2.13 bits per heavy atom. The molecule has 1 aromatic carbocycles. The number of para-hydroxylation sites is 1. The van der Waals surface area contributed by atoms with Crippen LogP contribution < -0.4 is 4.48 Å². The monoisotopic (exact) mass is 310 g/mol. The zero-order valence-corrected chi connectivity index (χ0v) is 14.4. The number of nitrogens with zero attached hydrogens (tertiary/aromatic N) is 1. The van der Waals surface area contributed by atoms with E-state index in [0.717, 1.165) is 24.3 Å². The van der Waals surface area contributed by atoms with E-state index in [2.05, 4.69) is 38.1 Å². The highest BCUT2D eigenvalue weighted by Gasteiger charge is 2.66. The van der Waals surface area contributed by atoms with Gasteiger partial charge in [0.2, 0.25) is 0 Å². The minimum atomic E-state index is 0.0981. The van der Waals surface area contributed by atoms with Gasteiger partial charge in [-0.25, -0.2) is 9.28 Å². The summed E-state index contributed by atoms with van der Waals surface area (Å²) < 4.78 is 0.625. The molecule has 2 nitrogen and oxygen atoms in total. The van der Waals surface area contributed by atoms with Gasteiger partial charge in [0.1, 0.15) is 17.8 Å². The van der Waals surface area contributed by atoms with Crippen LogP contribution in [0.2, 0.25) is 0 Å². The molecule has 1 unspecified atom stereocenters. The van der Waals surface area contributed by atoms with Crippen molar-refractivity contribution < 1.29 is 4.79 Å². The Morgan fingerprint density at radius 1 is 1.00 bits per heavy atom. The van der Waals surface area contributed by atoms with E-state index < -0.39 is 0 Å². The quantitative estimate of drug-likeness (QED) is 0.584. The number of amides is 1. The Kier molecular flexibility index (Phi) is 2.64. The summed E-state index contributed by atoms with van der Waals surface area (Å²) in [5, 5.41) is 0. The summed E-state index contributed by atoms with van der Waals surface area (Å²) in [7, 11) is 0. The van der Waals surface area contributed by atoms with Crippen molar-refractivity contribution in [3.63, 3.8) is 0 Å². The van der Waals surface area contributed by atoms with Crippen LogP contribution in [0.15, 0.2) is 24.3 Å². The van der Waals surface area contributed by atoms with Crippen molar-refractivity contribution in [3.8, 4) is 0 Å². The normalized spacial score (nSPS) is 45.9. The molecule has 0 radical (unpaired) electrons. The predicted octanol–water partition coefficient (Wildman–Crippen LogP) is 4.41. The van der Waals surface area contributed by atoms with Crippen LogP contribution in [-0.4, -0.2) is 18.5 Å². The number of quaternary nitrogens is 1. The van der Waals surface area contributed by atoms with Gasteiger partial charge in [0.25, 0.3) is 0 Å². The van der Waals surface area contributed by atoms with Gasteiger partial charge in [-0.15, -0.1) is 0 Å². The number of benzene rings is 1. The number of fused-ring (bicyclic) bond motifs is 1. The standard InChI is InChI=1S/C21H28NO/c1-20(2)13-22(14-23,19-6-4-3-5-18(19)20)21-10-15-7-16(11-21)9-17(8-15)12-21/h3-6,14-17H,7-13H2,1-2H3/q+1. The van der Waals surface area contributed by atoms with E-state index in [0.29, 0.717) is 4.48 Å². The van der Waals surface area contributed by atoms with Crippen LogP contribution in [0, 0.1) is 17.8 Å². The Hall–Kier alpha value is -1.15. The molecule has 0 saturated heterocycles. The fraction of sp³-hybridized carbons (Fsp3) is 0.667. The van der Waals surface area contributed by atoms with Crippen molar-refractivity contribution in [2.75, 3.05) is 6.54 Å². The van der Waals surface area contributed by atoms with Crippen LogP contribution in [0.25, 0.3) is 0 Å². The zero-order chi connectivity index (χ0) is 15.9. The lowest BCUT2D eigenvalue weighted by Crippen LogP contribution is -2.71. The maximum atomic E-state index is 12.7. The molecule has 0 spiro atoms. The molecule has 4 bridgehead atoms. The third kappa shape index (κ3) is 1.66. The van der Waals surface area contributed by atoms with E-state index in [1.807, 2.05) is 0 Å². The lowest BCUT2D eigenvalue weighted by Gasteiger charge is -2.61. The Balaban J connectivity index is 1.70. The highest BCUT2D eigenvalue weighted by atomic mass is 16.1. The topological polar surface area (TPSA) is 17.1 Å². The SMILES string of the molecule is CC1(C)C[N+](C=O)(C23CC4CC(CC(C4)C2)C3)c2ccccc21. The first kappa shape index (κ1) is 14.2. The molecule has 4 fully saturated rings. The lowest BCUT2D eigenvalue weighted by atomic mass is 9.52. The van der Waals surface area contributed by atoms with Gasteiger partial charge in [-0.3, -0.25) is 0 Å². The second-order valence-electron chi connectivity index (χ2n) is 9.68. The molecular formula is C21H28NO+. The average molecular weight is 310 g/mol. The molecule has 0 aromatic heterocycles. The van der Waals surface area contributed by atoms with E-state index in [4.69, 9.17) is 0 Å². The zero-order valence-electron chi connectivity index (χ0n) is 14.4. The summed E-state index contributed by atoms with van der Waals surface area (Å²) in [5.41, 5.74) is 3.01. The van der Waals surface area contributed by atoms with E-state index >= 15 is 0 Å².